The van der Waals surface area contributed by atoms with E-state index < -0.39 is 0 Å². The largest absolute Gasteiger partial charge is 0.508 e. The molecule has 0 radical (unpaired) electrons. The van der Waals surface area contributed by atoms with Gasteiger partial charge in [-0.05, 0) is 47.2 Å². The quantitative estimate of drug-likeness (QED) is 0.751. The van der Waals surface area contributed by atoms with Crippen LogP contribution in [0.5, 0.6) is 5.75 Å². The molecule has 3 rings (SSSR count). The lowest BCUT2D eigenvalue weighted by atomic mass is 9.77. The Kier molecular flexibility index (Phi) is 3.66. The number of carbonyl (C=O) groups is 1. The van der Waals surface area contributed by atoms with Crippen LogP contribution < -0.4 is 0 Å². The molecule has 0 unspecified atom stereocenters. The Morgan fingerprint density at radius 2 is 2.00 bits per heavy atom. The molecule has 0 aromatic heterocycles. The Labute approximate surface area is 139 Å². The number of fused-ring (bicyclic) bond motifs is 2. The lowest BCUT2D eigenvalue weighted by Crippen LogP contribution is -2.22. The SMILES string of the molecule is CC1(C)Cc2cc(O)ccc2N=C2C=C(Cl)C(=O)CC(Cl)=C21. The van der Waals surface area contributed by atoms with Gasteiger partial charge in [-0.15, -0.1) is 0 Å². The number of phenols is 1. The van der Waals surface area contributed by atoms with Crippen molar-refractivity contribution in [2.75, 3.05) is 0 Å². The van der Waals surface area contributed by atoms with Crippen LogP contribution in [0.3, 0.4) is 0 Å². The van der Waals surface area contributed by atoms with Gasteiger partial charge in [-0.1, -0.05) is 37.0 Å². The molecular weight excluding hydrogens is 321 g/mol. The lowest BCUT2D eigenvalue weighted by Gasteiger charge is -2.27. The molecule has 1 aromatic carbocycles. The first-order valence-electron chi connectivity index (χ1n) is 6.98. The number of allylic oxidation sites excluding steroid dienone is 4. The average molecular weight is 336 g/mol. The molecular formula is C17H15Cl2NO2. The molecule has 1 aromatic rings. The molecule has 1 aliphatic heterocycles. The third-order valence-electron chi connectivity index (χ3n) is 3.99. The fraction of sp³-hybridized carbons (Fsp3) is 0.294. The zero-order valence-corrected chi connectivity index (χ0v) is 13.8. The zero-order chi connectivity index (χ0) is 16.1. The molecule has 1 heterocycles. The van der Waals surface area contributed by atoms with Gasteiger partial charge in [0.15, 0.2) is 5.78 Å². The van der Waals surface area contributed by atoms with Gasteiger partial charge < -0.3 is 5.11 Å². The Hall–Kier alpha value is -1.58. The maximum absolute atomic E-state index is 11.9. The Morgan fingerprint density at radius 3 is 2.73 bits per heavy atom. The maximum atomic E-state index is 11.9. The first-order valence-corrected chi connectivity index (χ1v) is 7.74. The second kappa shape index (κ2) is 5.25. The molecule has 3 nitrogen and oxygen atoms in total. The first kappa shape index (κ1) is 15.3. The molecule has 0 bridgehead atoms. The number of phenolic OH excluding ortho intramolecular Hbond substituents is 1. The van der Waals surface area contributed by atoms with E-state index in [1.54, 1.807) is 24.3 Å². The van der Waals surface area contributed by atoms with Crippen molar-refractivity contribution in [3.8, 4) is 5.75 Å². The number of carbonyl (C=O) groups excluding carboxylic acids is 1. The molecule has 0 atom stereocenters. The average Bonchev–Trinajstić information content (AvgIpc) is 2.56. The summed E-state index contributed by atoms with van der Waals surface area (Å²) >= 11 is 12.5. The van der Waals surface area contributed by atoms with Crippen LogP contribution in [0.15, 0.2) is 44.9 Å². The fourth-order valence-electron chi connectivity index (χ4n) is 3.04. The van der Waals surface area contributed by atoms with E-state index in [-0.39, 0.29) is 28.4 Å². The fourth-order valence-corrected chi connectivity index (χ4v) is 3.69. The highest BCUT2D eigenvalue weighted by atomic mass is 35.5. The molecule has 5 heteroatoms. The number of nitrogens with zero attached hydrogens (tertiary/aromatic N) is 1. The topological polar surface area (TPSA) is 49.7 Å². The van der Waals surface area contributed by atoms with Crippen molar-refractivity contribution in [3.63, 3.8) is 0 Å². The smallest absolute Gasteiger partial charge is 0.179 e. The minimum absolute atomic E-state index is 0.0935. The monoisotopic (exact) mass is 335 g/mol. The van der Waals surface area contributed by atoms with E-state index in [2.05, 4.69) is 18.8 Å². The van der Waals surface area contributed by atoms with Crippen LogP contribution in [0.25, 0.3) is 0 Å². The van der Waals surface area contributed by atoms with Crippen LogP contribution in [-0.2, 0) is 11.2 Å². The molecule has 1 aliphatic carbocycles. The van der Waals surface area contributed by atoms with Gasteiger partial charge >= 0.3 is 0 Å². The molecule has 114 valence electrons. The van der Waals surface area contributed by atoms with E-state index in [1.165, 1.54) is 0 Å². The van der Waals surface area contributed by atoms with E-state index >= 15 is 0 Å². The Morgan fingerprint density at radius 1 is 1.27 bits per heavy atom. The molecule has 1 N–H and O–H groups in total. The van der Waals surface area contributed by atoms with Crippen molar-refractivity contribution < 1.29 is 9.90 Å². The summed E-state index contributed by atoms with van der Waals surface area (Å²) in [5, 5.41) is 10.3. The van der Waals surface area contributed by atoms with Crippen molar-refractivity contribution in [1.82, 2.24) is 0 Å². The van der Waals surface area contributed by atoms with E-state index in [4.69, 9.17) is 23.2 Å². The van der Waals surface area contributed by atoms with Crippen LogP contribution in [0.1, 0.15) is 25.8 Å². The molecule has 0 saturated heterocycles. The summed E-state index contributed by atoms with van der Waals surface area (Å²) in [6.07, 6.45) is 2.35. The highest BCUT2D eigenvalue weighted by Gasteiger charge is 2.35. The number of benzene rings is 1. The summed E-state index contributed by atoms with van der Waals surface area (Å²) in [6.45, 7) is 4.11. The maximum Gasteiger partial charge on any atom is 0.179 e. The Bertz CT molecular complexity index is 773. The van der Waals surface area contributed by atoms with Gasteiger partial charge in [-0.2, -0.15) is 0 Å². The number of hydrogen-bond donors (Lipinski definition) is 1. The summed E-state index contributed by atoms with van der Waals surface area (Å²) in [6, 6.07) is 5.08. The number of aromatic hydroxyl groups is 1. The second-order valence-electron chi connectivity index (χ2n) is 6.24. The third kappa shape index (κ3) is 2.59. The molecule has 2 aliphatic rings. The number of hydrogen-bond acceptors (Lipinski definition) is 3. The summed E-state index contributed by atoms with van der Waals surface area (Å²) in [5.74, 6) is 0.0114. The van der Waals surface area contributed by atoms with Crippen molar-refractivity contribution in [2.45, 2.75) is 26.7 Å². The van der Waals surface area contributed by atoms with E-state index in [9.17, 15) is 9.90 Å². The lowest BCUT2D eigenvalue weighted by molar-refractivity contribution is -0.114. The van der Waals surface area contributed by atoms with Gasteiger partial charge in [0.05, 0.1) is 16.4 Å². The predicted molar refractivity (Wildman–Crippen MR) is 89.1 cm³/mol. The van der Waals surface area contributed by atoms with Gasteiger partial charge in [0.1, 0.15) is 5.75 Å². The number of aliphatic imine (C=N–C) groups is 1. The molecule has 0 amide bonds. The summed E-state index contributed by atoms with van der Waals surface area (Å²) in [7, 11) is 0. The van der Waals surface area contributed by atoms with Gasteiger partial charge in [-0.25, -0.2) is 4.99 Å². The van der Waals surface area contributed by atoms with Gasteiger partial charge in [0.25, 0.3) is 0 Å². The van der Waals surface area contributed by atoms with Gasteiger partial charge in [0.2, 0.25) is 0 Å². The van der Waals surface area contributed by atoms with Crippen LogP contribution in [0.2, 0.25) is 0 Å². The van der Waals surface area contributed by atoms with Gasteiger partial charge in [0, 0.05) is 11.5 Å². The minimum atomic E-state index is -0.326. The van der Waals surface area contributed by atoms with Gasteiger partial charge in [-0.3, -0.25) is 4.79 Å². The zero-order valence-electron chi connectivity index (χ0n) is 12.3. The first-order chi connectivity index (χ1) is 10.3. The van der Waals surface area contributed by atoms with Crippen molar-refractivity contribution in [2.24, 2.45) is 10.4 Å². The van der Waals surface area contributed by atoms with E-state index in [0.29, 0.717) is 17.2 Å². The number of rotatable bonds is 0. The van der Waals surface area contributed by atoms with Crippen molar-refractivity contribution >= 4 is 40.4 Å². The standard InChI is InChI=1S/C17H15Cl2NO2/c1-17(2)8-9-5-10(21)3-4-13(9)20-14-6-11(18)15(22)7-12(19)16(14)17/h3-6,21H,7-8H2,1-2H3. The van der Waals surface area contributed by atoms with E-state index in [0.717, 1.165) is 16.8 Å². The molecule has 0 fully saturated rings. The van der Waals surface area contributed by atoms with Crippen LogP contribution >= 0.6 is 23.2 Å². The van der Waals surface area contributed by atoms with E-state index in [1.807, 2.05) is 0 Å². The Balaban J connectivity index is 2.30. The third-order valence-corrected chi connectivity index (χ3v) is 4.63. The summed E-state index contributed by atoms with van der Waals surface area (Å²) in [5.41, 5.74) is 2.84. The summed E-state index contributed by atoms with van der Waals surface area (Å²) in [4.78, 5) is 16.6. The molecule has 0 spiro atoms. The highest BCUT2D eigenvalue weighted by molar-refractivity contribution is 6.47. The number of halogens is 2. The van der Waals surface area contributed by atoms with Crippen LogP contribution in [0.4, 0.5) is 5.69 Å². The highest BCUT2D eigenvalue weighted by Crippen LogP contribution is 2.44. The second-order valence-corrected chi connectivity index (χ2v) is 7.11. The van der Waals surface area contributed by atoms with Crippen molar-refractivity contribution in [1.29, 1.82) is 0 Å². The summed E-state index contributed by atoms with van der Waals surface area (Å²) < 4.78 is 0. The number of Topliss-reactive ketones (excluding diaryl/α,β-unsaturated/α-hetero) is 1. The van der Waals surface area contributed by atoms with Crippen molar-refractivity contribution in [3.05, 3.63) is 45.5 Å². The normalized spacial score (nSPS) is 20.5. The predicted octanol–water partition coefficient (Wildman–Crippen LogP) is 4.64. The minimum Gasteiger partial charge on any atom is -0.508 e. The van der Waals surface area contributed by atoms with Crippen LogP contribution in [-0.4, -0.2) is 16.6 Å². The molecule has 22 heavy (non-hydrogen) atoms. The molecule has 0 saturated carbocycles. The van der Waals surface area contributed by atoms with Crippen LogP contribution in [0, 0.1) is 5.41 Å². The number of ketones is 1.